The molecule has 0 fully saturated rings. The quantitative estimate of drug-likeness (QED) is 0.685. The molecule has 1 aromatic rings. The Labute approximate surface area is 110 Å². The van der Waals surface area contributed by atoms with Crippen molar-refractivity contribution in [2.45, 2.75) is 19.0 Å². The smallest absolute Gasteiger partial charge is 0.326 e. The number of carboxylic acid groups (broad SMARTS) is 1. The lowest BCUT2D eigenvalue weighted by molar-refractivity contribution is -0.139. The van der Waals surface area contributed by atoms with Gasteiger partial charge in [-0.05, 0) is 24.1 Å². The normalized spacial score (nSPS) is 11.4. The molecule has 6 heteroatoms. The maximum Gasteiger partial charge on any atom is 0.326 e. The summed E-state index contributed by atoms with van der Waals surface area (Å²) in [5, 5.41) is 13.6. The molecule has 0 aliphatic heterocycles. The number of hydrogen-bond donors (Lipinski definition) is 3. The Morgan fingerprint density at radius 1 is 1.37 bits per heavy atom. The van der Waals surface area contributed by atoms with Crippen LogP contribution < -0.4 is 10.6 Å². The highest BCUT2D eigenvalue weighted by molar-refractivity contribution is 5.82. The summed E-state index contributed by atoms with van der Waals surface area (Å²) in [5.41, 5.74) is 0.715. The molecule has 0 aliphatic rings. The fourth-order valence-corrected chi connectivity index (χ4v) is 1.38. The maximum atomic E-state index is 12.7. The zero-order chi connectivity index (χ0) is 14.3. The molecule has 3 N–H and O–H groups in total. The summed E-state index contributed by atoms with van der Waals surface area (Å²) in [5.74, 6) is -1.48. The highest BCUT2D eigenvalue weighted by Gasteiger charge is 2.17. The molecule has 1 atom stereocenters. The minimum atomic E-state index is -1.13. The van der Waals surface area contributed by atoms with Crippen LogP contribution in [0.15, 0.2) is 36.9 Å². The summed E-state index contributed by atoms with van der Waals surface area (Å²) in [4.78, 5) is 22.3. The molecule has 0 saturated heterocycles. The molecular weight excluding hydrogens is 251 g/mol. The van der Waals surface area contributed by atoms with Crippen molar-refractivity contribution in [1.82, 2.24) is 10.6 Å². The largest absolute Gasteiger partial charge is 0.480 e. The Bertz CT molecular complexity index is 459. The van der Waals surface area contributed by atoms with Crippen LogP contribution in [0.5, 0.6) is 0 Å². The first-order valence-corrected chi connectivity index (χ1v) is 5.65. The van der Waals surface area contributed by atoms with Gasteiger partial charge in [-0.15, -0.1) is 6.58 Å². The first kappa shape index (κ1) is 14.7. The summed E-state index contributed by atoms with van der Waals surface area (Å²) in [6, 6.07) is 4.03. The van der Waals surface area contributed by atoms with Gasteiger partial charge in [0.15, 0.2) is 0 Å². The zero-order valence-electron chi connectivity index (χ0n) is 10.2. The van der Waals surface area contributed by atoms with E-state index in [0.29, 0.717) is 5.56 Å². The Hall–Kier alpha value is -2.37. The van der Waals surface area contributed by atoms with Crippen LogP contribution in [0.3, 0.4) is 0 Å². The lowest BCUT2D eigenvalue weighted by atomic mass is 10.2. The van der Waals surface area contributed by atoms with E-state index in [1.54, 1.807) is 0 Å². The van der Waals surface area contributed by atoms with Crippen LogP contribution >= 0.6 is 0 Å². The van der Waals surface area contributed by atoms with E-state index in [1.807, 2.05) is 0 Å². The number of amides is 2. The number of carbonyl (C=O) groups is 2. The molecule has 0 saturated carbocycles. The Kier molecular flexibility index (Phi) is 5.53. The van der Waals surface area contributed by atoms with Gasteiger partial charge in [-0.1, -0.05) is 18.2 Å². The van der Waals surface area contributed by atoms with Crippen molar-refractivity contribution in [3.8, 4) is 0 Å². The number of hydrogen-bond acceptors (Lipinski definition) is 2. The van der Waals surface area contributed by atoms with E-state index in [-0.39, 0.29) is 18.8 Å². The van der Waals surface area contributed by atoms with Gasteiger partial charge in [0, 0.05) is 6.54 Å². The van der Waals surface area contributed by atoms with E-state index >= 15 is 0 Å². The molecule has 0 spiro atoms. The van der Waals surface area contributed by atoms with Crippen LogP contribution in [0.2, 0.25) is 0 Å². The van der Waals surface area contributed by atoms with Crippen LogP contribution in [0, 0.1) is 5.82 Å². The summed E-state index contributed by atoms with van der Waals surface area (Å²) in [7, 11) is 0. The number of aliphatic carboxylic acids is 1. The molecule has 1 unspecified atom stereocenters. The summed E-state index contributed by atoms with van der Waals surface area (Å²) in [6.07, 6.45) is 1.55. The van der Waals surface area contributed by atoms with Crippen LogP contribution in [-0.2, 0) is 11.3 Å². The molecule has 0 bridgehead atoms. The lowest BCUT2D eigenvalue weighted by Gasteiger charge is -2.13. The third kappa shape index (κ3) is 5.20. The van der Waals surface area contributed by atoms with E-state index in [0.717, 1.165) is 0 Å². The van der Waals surface area contributed by atoms with Crippen molar-refractivity contribution in [1.29, 1.82) is 0 Å². The first-order valence-electron chi connectivity index (χ1n) is 5.65. The zero-order valence-corrected chi connectivity index (χ0v) is 10.2. The third-order valence-electron chi connectivity index (χ3n) is 2.37. The number of carboxylic acids is 1. The van der Waals surface area contributed by atoms with Crippen molar-refractivity contribution in [2.24, 2.45) is 0 Å². The van der Waals surface area contributed by atoms with Gasteiger partial charge in [0.25, 0.3) is 0 Å². The van der Waals surface area contributed by atoms with Crippen molar-refractivity contribution in [2.75, 3.05) is 0 Å². The first-order chi connectivity index (χ1) is 9.02. The van der Waals surface area contributed by atoms with Crippen molar-refractivity contribution in [3.05, 3.63) is 48.3 Å². The van der Waals surface area contributed by atoms with E-state index in [1.165, 1.54) is 30.3 Å². The fourth-order valence-electron chi connectivity index (χ4n) is 1.38. The van der Waals surface area contributed by atoms with E-state index in [4.69, 9.17) is 5.11 Å². The average molecular weight is 266 g/mol. The van der Waals surface area contributed by atoms with Crippen molar-refractivity contribution < 1.29 is 19.1 Å². The molecule has 102 valence electrons. The standard InChI is InChI=1S/C13H15FN2O3/c1-2-3-11(12(17)18)16-13(19)15-8-9-4-6-10(14)7-5-9/h2,4-7,11H,1,3,8H2,(H,17,18)(H2,15,16,19). The van der Waals surface area contributed by atoms with Crippen molar-refractivity contribution in [3.63, 3.8) is 0 Å². The Morgan fingerprint density at radius 3 is 2.53 bits per heavy atom. The van der Waals surface area contributed by atoms with Crippen LogP contribution in [-0.4, -0.2) is 23.1 Å². The van der Waals surface area contributed by atoms with E-state index < -0.39 is 18.0 Å². The minimum absolute atomic E-state index is 0.138. The molecular formula is C13H15FN2O3. The van der Waals surface area contributed by atoms with Gasteiger partial charge in [-0.25, -0.2) is 14.0 Å². The Morgan fingerprint density at radius 2 is 2.00 bits per heavy atom. The second-order valence-corrected chi connectivity index (χ2v) is 3.87. The molecule has 19 heavy (non-hydrogen) atoms. The van der Waals surface area contributed by atoms with Crippen LogP contribution in [0.1, 0.15) is 12.0 Å². The molecule has 5 nitrogen and oxygen atoms in total. The number of halogens is 1. The Balaban J connectivity index is 2.44. The predicted molar refractivity (Wildman–Crippen MR) is 68.0 cm³/mol. The van der Waals surface area contributed by atoms with Gasteiger partial charge in [-0.2, -0.15) is 0 Å². The van der Waals surface area contributed by atoms with Gasteiger partial charge >= 0.3 is 12.0 Å². The van der Waals surface area contributed by atoms with Gasteiger partial charge in [0.05, 0.1) is 0 Å². The van der Waals surface area contributed by atoms with Gasteiger partial charge < -0.3 is 15.7 Å². The van der Waals surface area contributed by atoms with Crippen LogP contribution in [0.4, 0.5) is 9.18 Å². The summed E-state index contributed by atoms with van der Waals surface area (Å²) < 4.78 is 12.7. The van der Waals surface area contributed by atoms with Gasteiger partial charge in [0.1, 0.15) is 11.9 Å². The molecule has 0 aliphatic carbocycles. The molecule has 2 amide bonds. The number of nitrogens with one attached hydrogen (secondary N) is 2. The number of rotatable bonds is 6. The second kappa shape index (κ2) is 7.15. The fraction of sp³-hybridized carbons (Fsp3) is 0.231. The molecule has 0 radical (unpaired) electrons. The highest BCUT2D eigenvalue weighted by atomic mass is 19.1. The summed E-state index contributed by atoms with van der Waals surface area (Å²) >= 11 is 0. The van der Waals surface area contributed by atoms with Crippen molar-refractivity contribution >= 4 is 12.0 Å². The predicted octanol–water partition coefficient (Wildman–Crippen LogP) is 1.65. The third-order valence-corrected chi connectivity index (χ3v) is 2.37. The lowest BCUT2D eigenvalue weighted by Crippen LogP contribution is -2.45. The number of urea groups is 1. The topological polar surface area (TPSA) is 78.4 Å². The number of benzene rings is 1. The summed E-state index contributed by atoms with van der Waals surface area (Å²) in [6.45, 7) is 3.61. The average Bonchev–Trinajstić information content (AvgIpc) is 2.37. The van der Waals surface area contributed by atoms with Gasteiger partial charge in [-0.3, -0.25) is 0 Å². The maximum absolute atomic E-state index is 12.7. The SMILES string of the molecule is C=CCC(NC(=O)NCc1ccc(F)cc1)C(=O)O. The highest BCUT2D eigenvalue weighted by Crippen LogP contribution is 2.02. The van der Waals surface area contributed by atoms with Gasteiger partial charge in [0.2, 0.25) is 0 Å². The second-order valence-electron chi connectivity index (χ2n) is 3.87. The van der Waals surface area contributed by atoms with Crippen LogP contribution in [0.25, 0.3) is 0 Å². The van der Waals surface area contributed by atoms with E-state index in [9.17, 15) is 14.0 Å². The molecule has 0 aromatic heterocycles. The number of carbonyl (C=O) groups excluding carboxylic acids is 1. The monoisotopic (exact) mass is 266 g/mol. The molecule has 1 rings (SSSR count). The minimum Gasteiger partial charge on any atom is -0.480 e. The van der Waals surface area contributed by atoms with E-state index in [2.05, 4.69) is 17.2 Å². The molecule has 0 heterocycles. The molecule has 1 aromatic carbocycles.